The third kappa shape index (κ3) is 4.58. The number of halogens is 3. The molecule has 1 aromatic carbocycles. The molecule has 0 aliphatic carbocycles. The van der Waals surface area contributed by atoms with Crippen LogP contribution < -0.4 is 4.90 Å². The van der Waals surface area contributed by atoms with Gasteiger partial charge in [0, 0.05) is 38.5 Å². The van der Waals surface area contributed by atoms with E-state index in [9.17, 15) is 22.8 Å². The van der Waals surface area contributed by atoms with E-state index >= 15 is 0 Å². The third-order valence-electron chi connectivity index (χ3n) is 7.04. The Morgan fingerprint density at radius 3 is 2.47 bits per heavy atom. The standard InChI is InChI=1S/C23H30F3N3O3/c1-16(23(24,25)26)32-21(31)28-14-22(15-28)8-11-27(12-9-22)13-19-6-3-5-18-7-4-10-29(17(2)30)20(18)19/h3,5-6,16H,4,7-15H2,1-2H3. The number of carbonyl (C=O) groups excluding carboxylic acids is 2. The van der Waals surface area contributed by atoms with Crippen LogP contribution in [0.15, 0.2) is 18.2 Å². The number of piperidine rings is 1. The first kappa shape index (κ1) is 22.9. The van der Waals surface area contributed by atoms with Crippen molar-refractivity contribution >= 4 is 17.7 Å². The molecule has 4 rings (SSSR count). The Balaban J connectivity index is 1.32. The van der Waals surface area contributed by atoms with Crippen molar-refractivity contribution < 1.29 is 27.5 Å². The van der Waals surface area contributed by atoms with Crippen LogP contribution in [0.25, 0.3) is 0 Å². The molecule has 6 nitrogen and oxygen atoms in total. The lowest BCUT2D eigenvalue weighted by Crippen LogP contribution is -2.62. The first-order chi connectivity index (χ1) is 15.1. The molecule has 0 aromatic heterocycles. The molecule has 2 fully saturated rings. The monoisotopic (exact) mass is 453 g/mol. The van der Waals surface area contributed by atoms with Crippen LogP contribution in [0.1, 0.15) is 44.2 Å². The highest BCUT2D eigenvalue weighted by Gasteiger charge is 2.49. The Hall–Kier alpha value is -2.29. The minimum Gasteiger partial charge on any atom is -0.437 e. The molecule has 0 N–H and O–H groups in total. The Morgan fingerprint density at radius 1 is 1.16 bits per heavy atom. The molecule has 3 heterocycles. The summed E-state index contributed by atoms with van der Waals surface area (Å²) >= 11 is 0. The van der Waals surface area contributed by atoms with Gasteiger partial charge in [-0.25, -0.2) is 4.79 Å². The normalized spacial score (nSPS) is 21.7. The van der Waals surface area contributed by atoms with Crippen LogP contribution in [-0.2, 0) is 22.5 Å². The average Bonchev–Trinajstić information content (AvgIpc) is 2.71. The van der Waals surface area contributed by atoms with E-state index in [1.165, 1.54) is 10.5 Å². The fourth-order valence-electron chi connectivity index (χ4n) is 5.10. The maximum Gasteiger partial charge on any atom is 0.425 e. The summed E-state index contributed by atoms with van der Waals surface area (Å²) in [5.41, 5.74) is 3.41. The number of fused-ring (bicyclic) bond motifs is 1. The number of anilines is 1. The van der Waals surface area contributed by atoms with Crippen molar-refractivity contribution in [3.8, 4) is 0 Å². The van der Waals surface area contributed by atoms with E-state index in [1.54, 1.807) is 6.92 Å². The number of benzene rings is 1. The molecule has 0 saturated carbocycles. The summed E-state index contributed by atoms with van der Waals surface area (Å²) in [6.07, 6.45) is -3.80. The van der Waals surface area contributed by atoms with Gasteiger partial charge >= 0.3 is 12.3 Å². The van der Waals surface area contributed by atoms with E-state index in [-0.39, 0.29) is 11.3 Å². The van der Waals surface area contributed by atoms with Gasteiger partial charge in [-0.05, 0) is 56.8 Å². The summed E-state index contributed by atoms with van der Waals surface area (Å²) in [6, 6.07) is 6.24. The van der Waals surface area contributed by atoms with E-state index in [2.05, 4.69) is 27.8 Å². The molecule has 1 unspecified atom stereocenters. The molecule has 2 amide bonds. The summed E-state index contributed by atoms with van der Waals surface area (Å²) in [6.45, 7) is 6.57. The molecule has 0 bridgehead atoms. The third-order valence-corrected chi connectivity index (χ3v) is 7.04. The lowest BCUT2D eigenvalue weighted by atomic mass is 9.72. The van der Waals surface area contributed by atoms with E-state index in [0.717, 1.165) is 70.0 Å². The van der Waals surface area contributed by atoms with Crippen molar-refractivity contribution in [1.82, 2.24) is 9.80 Å². The summed E-state index contributed by atoms with van der Waals surface area (Å²) in [7, 11) is 0. The Morgan fingerprint density at radius 2 is 1.84 bits per heavy atom. The molecule has 176 valence electrons. The molecule has 1 spiro atoms. The predicted octanol–water partition coefficient (Wildman–Crippen LogP) is 3.97. The number of para-hydroxylation sites is 1. The Bertz CT molecular complexity index is 873. The first-order valence-corrected chi connectivity index (χ1v) is 11.2. The topological polar surface area (TPSA) is 53.1 Å². The summed E-state index contributed by atoms with van der Waals surface area (Å²) in [5.74, 6) is 0.0669. The fraction of sp³-hybridized carbons (Fsp3) is 0.652. The van der Waals surface area contributed by atoms with Crippen LogP contribution in [-0.4, -0.2) is 66.8 Å². The molecule has 0 radical (unpaired) electrons. The second kappa shape index (κ2) is 8.57. The SMILES string of the molecule is CC(=O)N1CCCc2cccc(CN3CCC4(CC3)CN(C(=O)OC(C)C(F)(F)F)C4)c21. The van der Waals surface area contributed by atoms with Crippen molar-refractivity contribution in [2.45, 2.75) is 58.4 Å². The zero-order valence-corrected chi connectivity index (χ0v) is 18.6. The minimum atomic E-state index is -4.54. The molecule has 2 saturated heterocycles. The molecule has 3 aliphatic rings. The minimum absolute atomic E-state index is 0.0292. The zero-order valence-electron chi connectivity index (χ0n) is 18.6. The predicted molar refractivity (Wildman–Crippen MR) is 113 cm³/mol. The van der Waals surface area contributed by atoms with Gasteiger partial charge in [0.15, 0.2) is 6.10 Å². The largest absolute Gasteiger partial charge is 0.437 e. The lowest BCUT2D eigenvalue weighted by molar-refractivity contribution is -0.202. The summed E-state index contributed by atoms with van der Waals surface area (Å²) in [4.78, 5) is 29.8. The van der Waals surface area contributed by atoms with E-state index in [0.29, 0.717) is 13.1 Å². The summed E-state index contributed by atoms with van der Waals surface area (Å²) < 4.78 is 42.4. The second-order valence-corrected chi connectivity index (χ2v) is 9.40. The number of amides is 2. The molecule has 3 aliphatic heterocycles. The van der Waals surface area contributed by atoms with Crippen LogP contribution in [0.4, 0.5) is 23.7 Å². The molecular weight excluding hydrogens is 423 g/mol. The molecule has 1 atom stereocenters. The van der Waals surface area contributed by atoms with Gasteiger partial charge in [-0.2, -0.15) is 13.2 Å². The second-order valence-electron chi connectivity index (χ2n) is 9.40. The number of carbonyl (C=O) groups is 2. The maximum atomic E-state index is 12.6. The summed E-state index contributed by atoms with van der Waals surface area (Å²) in [5, 5.41) is 0. The van der Waals surface area contributed by atoms with Crippen molar-refractivity contribution in [3.63, 3.8) is 0 Å². The van der Waals surface area contributed by atoms with Crippen LogP contribution in [0.5, 0.6) is 0 Å². The number of aryl methyl sites for hydroxylation is 1. The average molecular weight is 454 g/mol. The van der Waals surface area contributed by atoms with Crippen molar-refractivity contribution in [2.24, 2.45) is 5.41 Å². The van der Waals surface area contributed by atoms with Gasteiger partial charge in [0.25, 0.3) is 0 Å². The quantitative estimate of drug-likeness (QED) is 0.695. The fourth-order valence-corrected chi connectivity index (χ4v) is 5.10. The van der Waals surface area contributed by atoms with E-state index in [4.69, 9.17) is 0 Å². The van der Waals surface area contributed by atoms with Gasteiger partial charge in [0.2, 0.25) is 5.91 Å². The van der Waals surface area contributed by atoms with Crippen LogP contribution >= 0.6 is 0 Å². The maximum absolute atomic E-state index is 12.6. The van der Waals surface area contributed by atoms with Gasteiger partial charge in [0.1, 0.15) is 0 Å². The van der Waals surface area contributed by atoms with Gasteiger partial charge in [0.05, 0.1) is 5.69 Å². The first-order valence-electron chi connectivity index (χ1n) is 11.2. The molecular formula is C23H30F3N3O3. The van der Waals surface area contributed by atoms with Gasteiger partial charge in [-0.15, -0.1) is 0 Å². The highest BCUT2D eigenvalue weighted by atomic mass is 19.4. The molecule has 32 heavy (non-hydrogen) atoms. The van der Waals surface area contributed by atoms with E-state index in [1.807, 2.05) is 4.90 Å². The number of nitrogens with zero attached hydrogens (tertiary/aromatic N) is 3. The smallest absolute Gasteiger partial charge is 0.425 e. The van der Waals surface area contributed by atoms with Crippen molar-refractivity contribution in [3.05, 3.63) is 29.3 Å². The van der Waals surface area contributed by atoms with Gasteiger partial charge < -0.3 is 14.5 Å². The molecule has 9 heteroatoms. The van der Waals surface area contributed by atoms with Crippen molar-refractivity contribution in [1.29, 1.82) is 0 Å². The lowest BCUT2D eigenvalue weighted by Gasteiger charge is -2.53. The van der Waals surface area contributed by atoms with Crippen LogP contribution in [0.2, 0.25) is 0 Å². The van der Waals surface area contributed by atoms with Crippen molar-refractivity contribution in [2.75, 3.05) is 37.6 Å². The number of hydrogen-bond acceptors (Lipinski definition) is 4. The number of ether oxygens (including phenoxy) is 1. The zero-order chi connectivity index (χ0) is 23.1. The van der Waals surface area contributed by atoms with Crippen LogP contribution in [0, 0.1) is 5.41 Å². The number of alkyl halides is 3. The molecule has 1 aromatic rings. The van der Waals surface area contributed by atoms with Crippen LogP contribution in [0.3, 0.4) is 0 Å². The number of likely N-dealkylation sites (tertiary alicyclic amines) is 2. The van der Waals surface area contributed by atoms with E-state index < -0.39 is 18.4 Å². The van der Waals surface area contributed by atoms with Gasteiger partial charge in [-0.1, -0.05) is 18.2 Å². The number of rotatable bonds is 3. The van der Waals surface area contributed by atoms with Gasteiger partial charge in [-0.3, -0.25) is 9.69 Å². The Labute approximate surface area is 186 Å². The Kier molecular flexibility index (Phi) is 6.13. The highest BCUT2D eigenvalue weighted by molar-refractivity contribution is 5.93. The highest BCUT2D eigenvalue weighted by Crippen LogP contribution is 2.42. The number of hydrogen-bond donors (Lipinski definition) is 0.